The summed E-state index contributed by atoms with van der Waals surface area (Å²) < 4.78 is 28.6. The van der Waals surface area contributed by atoms with Gasteiger partial charge in [0.1, 0.15) is 11.9 Å². The van der Waals surface area contributed by atoms with Crippen LogP contribution in [0.4, 0.5) is 0 Å². The Labute approximate surface area is 177 Å². The number of nitrogens with one attached hydrogen (secondary N) is 2. The molecule has 1 aliphatic heterocycles. The molecule has 2 aromatic carbocycles. The second-order valence-corrected chi connectivity index (χ2v) is 9.41. The molecule has 4 N–H and O–H groups in total. The van der Waals surface area contributed by atoms with Crippen LogP contribution in [0.3, 0.4) is 0 Å². The Morgan fingerprint density at radius 2 is 1.80 bits per heavy atom. The van der Waals surface area contributed by atoms with E-state index in [1.165, 1.54) is 12.1 Å². The van der Waals surface area contributed by atoms with Gasteiger partial charge in [-0.2, -0.15) is 4.72 Å². The zero-order chi connectivity index (χ0) is 21.7. The molecular formula is C22H28N4O3S. The van der Waals surface area contributed by atoms with Crippen molar-refractivity contribution in [3.05, 3.63) is 65.2 Å². The highest BCUT2D eigenvalue weighted by molar-refractivity contribution is 7.89. The first-order valence-electron chi connectivity index (χ1n) is 10.1. The third kappa shape index (κ3) is 5.46. The van der Waals surface area contributed by atoms with E-state index in [1.807, 2.05) is 13.0 Å². The summed E-state index contributed by atoms with van der Waals surface area (Å²) in [6, 6.07) is 12.6. The Hall–Kier alpha value is -2.71. The predicted molar refractivity (Wildman–Crippen MR) is 117 cm³/mol. The number of nitrogens with zero attached hydrogens (tertiary/aromatic N) is 1. The summed E-state index contributed by atoms with van der Waals surface area (Å²) in [6.07, 6.45) is 3.09. The van der Waals surface area contributed by atoms with Crippen LogP contribution in [0.25, 0.3) is 0 Å². The van der Waals surface area contributed by atoms with Crippen LogP contribution in [0, 0.1) is 12.3 Å². The van der Waals surface area contributed by atoms with Crippen LogP contribution >= 0.6 is 0 Å². The van der Waals surface area contributed by atoms with Crippen molar-refractivity contribution >= 4 is 21.8 Å². The van der Waals surface area contributed by atoms with Crippen molar-refractivity contribution in [1.82, 2.24) is 9.62 Å². The van der Waals surface area contributed by atoms with Crippen LogP contribution in [0.2, 0.25) is 0 Å². The molecule has 0 bridgehead atoms. The summed E-state index contributed by atoms with van der Waals surface area (Å²) in [6.45, 7) is 3.15. The first-order chi connectivity index (χ1) is 14.3. The number of likely N-dealkylation sites (tertiary alicyclic amines) is 1. The van der Waals surface area contributed by atoms with Gasteiger partial charge < -0.3 is 10.6 Å². The maximum atomic E-state index is 13.2. The van der Waals surface area contributed by atoms with Gasteiger partial charge in [-0.25, -0.2) is 8.42 Å². The number of piperidine rings is 1. The topological polar surface area (TPSA) is 116 Å². The molecule has 1 saturated heterocycles. The monoisotopic (exact) mass is 428 g/mol. The molecule has 160 valence electrons. The lowest BCUT2D eigenvalue weighted by atomic mass is 10.0. The summed E-state index contributed by atoms with van der Waals surface area (Å²) >= 11 is 0. The number of nitrogen functional groups attached to an aromatic ring is 1. The summed E-state index contributed by atoms with van der Waals surface area (Å²) in [5.74, 6) is -0.297. The number of amidine groups is 1. The Bertz CT molecular complexity index is 1010. The van der Waals surface area contributed by atoms with E-state index in [9.17, 15) is 13.2 Å². The van der Waals surface area contributed by atoms with Crippen LogP contribution < -0.4 is 10.5 Å². The van der Waals surface area contributed by atoms with Gasteiger partial charge in [-0.1, -0.05) is 35.9 Å². The highest BCUT2D eigenvalue weighted by atomic mass is 32.2. The largest absolute Gasteiger partial charge is 0.384 e. The summed E-state index contributed by atoms with van der Waals surface area (Å²) in [5.41, 5.74) is 7.81. The van der Waals surface area contributed by atoms with Crippen molar-refractivity contribution in [2.45, 2.75) is 43.5 Å². The summed E-state index contributed by atoms with van der Waals surface area (Å²) in [5, 5.41) is 7.62. The number of carbonyl (C=O) groups excluding carboxylic acids is 1. The molecule has 0 unspecified atom stereocenters. The van der Waals surface area contributed by atoms with Crippen LogP contribution in [0.15, 0.2) is 53.4 Å². The van der Waals surface area contributed by atoms with E-state index in [0.29, 0.717) is 18.7 Å². The van der Waals surface area contributed by atoms with Crippen molar-refractivity contribution in [3.8, 4) is 0 Å². The SMILES string of the molecule is Cc1ccc(S(=O)(=O)N[C@@H](Cc2cccc(C(=N)N)c2)C(=O)N2CCCCC2)cc1. The zero-order valence-electron chi connectivity index (χ0n) is 17.1. The highest BCUT2D eigenvalue weighted by Gasteiger charge is 2.30. The molecule has 1 fully saturated rings. The van der Waals surface area contributed by atoms with E-state index in [1.54, 1.807) is 35.2 Å². The van der Waals surface area contributed by atoms with Gasteiger partial charge in [0.05, 0.1) is 4.90 Å². The van der Waals surface area contributed by atoms with Gasteiger partial charge in [-0.3, -0.25) is 10.2 Å². The quantitative estimate of drug-likeness (QED) is 0.463. The molecule has 0 aliphatic carbocycles. The fourth-order valence-corrected chi connectivity index (χ4v) is 4.78. The number of sulfonamides is 1. The maximum absolute atomic E-state index is 13.2. The van der Waals surface area contributed by atoms with Gasteiger partial charge in [0.2, 0.25) is 15.9 Å². The molecule has 0 spiro atoms. The molecule has 2 aromatic rings. The highest BCUT2D eigenvalue weighted by Crippen LogP contribution is 2.17. The van der Waals surface area contributed by atoms with E-state index in [-0.39, 0.29) is 23.1 Å². The van der Waals surface area contributed by atoms with Gasteiger partial charge in [0, 0.05) is 18.7 Å². The maximum Gasteiger partial charge on any atom is 0.241 e. The van der Waals surface area contributed by atoms with Crippen LogP contribution in [0.1, 0.15) is 36.0 Å². The first-order valence-corrected chi connectivity index (χ1v) is 11.6. The molecule has 7 nitrogen and oxygen atoms in total. The number of hydrogen-bond acceptors (Lipinski definition) is 4. The van der Waals surface area contributed by atoms with Gasteiger partial charge in [-0.15, -0.1) is 0 Å². The number of hydrogen-bond donors (Lipinski definition) is 3. The average molecular weight is 429 g/mol. The van der Waals surface area contributed by atoms with E-state index in [4.69, 9.17) is 11.1 Å². The minimum Gasteiger partial charge on any atom is -0.384 e. The molecule has 1 heterocycles. The van der Waals surface area contributed by atoms with Crippen molar-refractivity contribution in [2.75, 3.05) is 13.1 Å². The Kier molecular flexibility index (Phi) is 6.89. The van der Waals surface area contributed by atoms with Crippen molar-refractivity contribution in [2.24, 2.45) is 5.73 Å². The first kappa shape index (κ1) is 22.0. The third-order valence-electron chi connectivity index (χ3n) is 5.27. The summed E-state index contributed by atoms with van der Waals surface area (Å²) in [4.78, 5) is 15.1. The van der Waals surface area contributed by atoms with Gasteiger partial charge in [0.15, 0.2) is 0 Å². The fourth-order valence-electron chi connectivity index (χ4n) is 3.59. The lowest BCUT2D eigenvalue weighted by molar-refractivity contribution is -0.133. The van der Waals surface area contributed by atoms with Crippen LogP contribution in [-0.4, -0.2) is 44.2 Å². The molecule has 0 aromatic heterocycles. The van der Waals surface area contributed by atoms with E-state index in [2.05, 4.69) is 4.72 Å². The van der Waals surface area contributed by atoms with Gasteiger partial charge in [0.25, 0.3) is 0 Å². The normalized spacial score (nSPS) is 15.6. The lowest BCUT2D eigenvalue weighted by Gasteiger charge is -2.30. The molecule has 3 rings (SSSR count). The third-order valence-corrected chi connectivity index (χ3v) is 6.76. The van der Waals surface area contributed by atoms with Crippen LogP contribution in [0.5, 0.6) is 0 Å². The average Bonchev–Trinajstić information content (AvgIpc) is 2.73. The second-order valence-electron chi connectivity index (χ2n) is 7.69. The molecule has 0 radical (unpaired) electrons. The molecule has 1 atom stereocenters. The Morgan fingerprint density at radius 3 is 2.43 bits per heavy atom. The predicted octanol–water partition coefficient (Wildman–Crippen LogP) is 2.18. The lowest BCUT2D eigenvalue weighted by Crippen LogP contribution is -2.50. The molecular weight excluding hydrogens is 400 g/mol. The Morgan fingerprint density at radius 1 is 1.13 bits per heavy atom. The zero-order valence-corrected chi connectivity index (χ0v) is 17.9. The number of aryl methyl sites for hydroxylation is 1. The molecule has 1 amide bonds. The van der Waals surface area contributed by atoms with Crippen molar-refractivity contribution < 1.29 is 13.2 Å². The van der Waals surface area contributed by atoms with Crippen molar-refractivity contribution in [3.63, 3.8) is 0 Å². The van der Waals surface area contributed by atoms with Gasteiger partial charge >= 0.3 is 0 Å². The van der Waals surface area contributed by atoms with Crippen molar-refractivity contribution in [1.29, 1.82) is 5.41 Å². The van der Waals surface area contributed by atoms with E-state index < -0.39 is 16.1 Å². The number of carbonyl (C=O) groups is 1. The van der Waals surface area contributed by atoms with E-state index >= 15 is 0 Å². The number of rotatable bonds is 7. The molecule has 8 heteroatoms. The number of benzene rings is 2. The summed E-state index contributed by atoms with van der Waals surface area (Å²) in [7, 11) is -3.87. The molecule has 30 heavy (non-hydrogen) atoms. The molecule has 0 saturated carbocycles. The second kappa shape index (κ2) is 9.40. The number of nitrogens with two attached hydrogens (primary N) is 1. The smallest absolute Gasteiger partial charge is 0.241 e. The number of amides is 1. The molecule has 1 aliphatic rings. The minimum absolute atomic E-state index is 0.0732. The standard InChI is InChI=1S/C22H28N4O3S/c1-16-8-10-19(11-9-16)30(28,29)25-20(22(27)26-12-3-2-4-13-26)15-17-6-5-7-18(14-17)21(23)24/h5-11,14,20,25H,2-4,12-13,15H2,1H3,(H3,23,24)/t20-/m0/s1. The van der Waals surface area contributed by atoms with Gasteiger partial charge in [-0.05, 0) is 56.4 Å². The van der Waals surface area contributed by atoms with E-state index in [0.717, 1.165) is 30.4 Å². The Balaban J connectivity index is 1.88. The minimum atomic E-state index is -3.87. The van der Waals surface area contributed by atoms with Crippen LogP contribution in [-0.2, 0) is 21.2 Å². The fraction of sp³-hybridized carbons (Fsp3) is 0.364.